The topological polar surface area (TPSA) is 21.3 Å². The lowest BCUT2D eigenvalue weighted by Crippen LogP contribution is -2.50. The van der Waals surface area contributed by atoms with E-state index in [1.165, 1.54) is 0 Å². The monoisotopic (exact) mass is 192 g/mol. The highest BCUT2D eigenvalue weighted by molar-refractivity contribution is 5.25. The molecule has 0 saturated carbocycles. The SMILES string of the molecule is [2H]c1cc([2H])c(OC2([2H])C([2H])([2H])NC2([2H])[2H])c(F)c1F. The molecule has 0 bridgehead atoms. The third-order valence-corrected chi connectivity index (χ3v) is 1.35. The normalized spacial score (nSPS) is 34.8. The van der Waals surface area contributed by atoms with E-state index in [2.05, 4.69) is 4.74 Å². The molecule has 0 atom stereocenters. The van der Waals surface area contributed by atoms with Gasteiger partial charge in [0.05, 0.1) is 4.11 Å². The average molecular weight is 192 g/mol. The molecular weight excluding hydrogens is 176 g/mol. The van der Waals surface area contributed by atoms with E-state index in [0.29, 0.717) is 6.07 Å². The summed E-state index contributed by atoms with van der Waals surface area (Å²) in [5.41, 5.74) is 0. The van der Waals surface area contributed by atoms with Crippen LogP contribution in [0.2, 0.25) is 0 Å². The molecule has 0 amide bonds. The number of rotatable bonds is 2. The predicted molar refractivity (Wildman–Crippen MR) is 43.6 cm³/mol. The van der Waals surface area contributed by atoms with Crippen molar-refractivity contribution in [3.8, 4) is 5.75 Å². The van der Waals surface area contributed by atoms with Crippen LogP contribution in [0.1, 0.15) is 9.60 Å². The van der Waals surface area contributed by atoms with Crippen molar-refractivity contribution in [2.24, 2.45) is 0 Å². The molecule has 1 aromatic rings. The fourth-order valence-electron chi connectivity index (χ4n) is 0.732. The number of hydrogen-bond donors (Lipinski definition) is 1. The summed E-state index contributed by atoms with van der Waals surface area (Å²) in [5, 5.41) is 1.77. The summed E-state index contributed by atoms with van der Waals surface area (Å²) in [4.78, 5) is 0. The summed E-state index contributed by atoms with van der Waals surface area (Å²) >= 11 is 0. The molecule has 1 aliphatic rings. The lowest BCUT2D eigenvalue weighted by atomic mass is 10.2. The van der Waals surface area contributed by atoms with E-state index in [-0.39, 0.29) is 0 Å². The first-order chi connectivity index (χ1) is 8.93. The molecular formula is C9H9F2NO. The first kappa shape index (κ1) is 3.53. The molecule has 0 aliphatic carbocycles. The van der Waals surface area contributed by atoms with Crippen molar-refractivity contribution in [3.63, 3.8) is 0 Å². The molecule has 70 valence electrons. The highest BCUT2D eigenvalue weighted by Crippen LogP contribution is 2.20. The molecule has 13 heavy (non-hydrogen) atoms. The van der Waals surface area contributed by atoms with Gasteiger partial charge in [-0.25, -0.2) is 4.39 Å². The van der Waals surface area contributed by atoms with E-state index in [1.54, 1.807) is 5.32 Å². The summed E-state index contributed by atoms with van der Waals surface area (Å²) in [6.07, 6.45) is -2.90. The summed E-state index contributed by atoms with van der Waals surface area (Å²) in [6.45, 7) is -5.32. The van der Waals surface area contributed by atoms with Crippen LogP contribution in [0.25, 0.3) is 0 Å². The molecule has 0 radical (unpaired) electrons. The third kappa shape index (κ3) is 1.62. The van der Waals surface area contributed by atoms with Crippen LogP contribution in [0.3, 0.4) is 0 Å². The first-order valence-corrected chi connectivity index (χ1v) is 3.36. The molecule has 1 N–H and O–H groups in total. The fraction of sp³-hybridized carbons (Fsp3) is 0.333. The molecule has 1 fully saturated rings. The zero-order chi connectivity index (χ0) is 15.5. The van der Waals surface area contributed by atoms with Gasteiger partial charge in [-0.15, -0.1) is 0 Å². The highest BCUT2D eigenvalue weighted by Gasteiger charge is 2.20. The van der Waals surface area contributed by atoms with Crippen LogP contribution in [-0.4, -0.2) is 19.1 Å². The standard InChI is InChI=1S/C9H9F2NO/c10-7-2-1-3-8(9(7)11)13-6-4-12-5-6/h1-3,6,12H,4-5H2/i2D,3D,4D2,5D2,6D. The number of benzene rings is 1. The van der Waals surface area contributed by atoms with Crippen molar-refractivity contribution in [1.29, 1.82) is 0 Å². The molecule has 1 aliphatic heterocycles. The summed E-state index contributed by atoms with van der Waals surface area (Å²) in [6, 6.07) is -1.05. The van der Waals surface area contributed by atoms with Crippen LogP contribution >= 0.6 is 0 Å². The zero-order valence-corrected chi connectivity index (χ0v) is 6.24. The second kappa shape index (κ2) is 3.30. The van der Waals surface area contributed by atoms with Gasteiger partial charge in [-0.05, 0) is 12.1 Å². The lowest BCUT2D eigenvalue weighted by molar-refractivity contribution is 0.135. The Kier molecular flexibility index (Phi) is 0.897. The van der Waals surface area contributed by atoms with E-state index >= 15 is 0 Å². The Hall–Kier alpha value is -1.16. The van der Waals surface area contributed by atoms with Gasteiger partial charge >= 0.3 is 0 Å². The van der Waals surface area contributed by atoms with Gasteiger partial charge in [-0.2, -0.15) is 4.39 Å². The van der Waals surface area contributed by atoms with Gasteiger partial charge in [-0.1, -0.05) is 6.07 Å². The second-order valence-electron chi connectivity index (χ2n) is 2.20. The van der Waals surface area contributed by atoms with Gasteiger partial charge in [0, 0.05) is 18.5 Å². The van der Waals surface area contributed by atoms with Crippen LogP contribution in [0.5, 0.6) is 5.75 Å². The van der Waals surface area contributed by atoms with Crippen LogP contribution in [0.15, 0.2) is 18.2 Å². The predicted octanol–water partition coefficient (Wildman–Crippen LogP) is 1.32. The molecule has 1 heterocycles. The minimum atomic E-state index is -2.90. The van der Waals surface area contributed by atoms with E-state index in [0.717, 1.165) is 0 Å². The Labute approximate surface area is 84.3 Å². The van der Waals surface area contributed by atoms with Crippen LogP contribution in [0, 0.1) is 11.6 Å². The average Bonchev–Trinajstić information content (AvgIpc) is 2.30. The zero-order valence-electron chi connectivity index (χ0n) is 13.2. The Morgan fingerprint density at radius 1 is 1.62 bits per heavy atom. The van der Waals surface area contributed by atoms with Crippen molar-refractivity contribution < 1.29 is 23.1 Å². The van der Waals surface area contributed by atoms with Crippen molar-refractivity contribution in [2.45, 2.75) is 6.08 Å². The van der Waals surface area contributed by atoms with E-state index in [1.807, 2.05) is 0 Å². The van der Waals surface area contributed by atoms with Crippen molar-refractivity contribution >= 4 is 0 Å². The number of hydrogen-bond acceptors (Lipinski definition) is 2. The lowest BCUT2D eigenvalue weighted by Gasteiger charge is -2.27. The number of ether oxygens (including phenoxy) is 1. The molecule has 2 rings (SSSR count). The van der Waals surface area contributed by atoms with Crippen molar-refractivity contribution in [3.05, 3.63) is 29.8 Å². The molecule has 1 saturated heterocycles. The van der Waals surface area contributed by atoms with Gasteiger partial charge in [0.1, 0.15) is 6.08 Å². The summed E-state index contributed by atoms with van der Waals surface area (Å²) < 4.78 is 83.0. The minimum Gasteiger partial charge on any atom is -0.485 e. The highest BCUT2D eigenvalue weighted by atomic mass is 19.2. The fourth-order valence-corrected chi connectivity index (χ4v) is 0.732. The van der Waals surface area contributed by atoms with Crippen LogP contribution in [0.4, 0.5) is 8.78 Å². The Balaban J connectivity index is 2.48. The van der Waals surface area contributed by atoms with Crippen molar-refractivity contribution in [1.82, 2.24) is 5.32 Å². The maximum absolute atomic E-state index is 13.6. The Bertz CT molecular complexity index is 566. The smallest absolute Gasteiger partial charge is 0.200 e. The van der Waals surface area contributed by atoms with E-state index in [9.17, 15) is 8.78 Å². The van der Waals surface area contributed by atoms with E-state index < -0.39 is 48.5 Å². The molecule has 2 nitrogen and oxygen atoms in total. The van der Waals surface area contributed by atoms with Crippen molar-refractivity contribution in [2.75, 3.05) is 13.0 Å². The first-order valence-electron chi connectivity index (χ1n) is 6.86. The Morgan fingerprint density at radius 2 is 2.38 bits per heavy atom. The maximum atomic E-state index is 13.6. The Morgan fingerprint density at radius 3 is 3.08 bits per heavy atom. The summed E-state index contributed by atoms with van der Waals surface area (Å²) in [5.74, 6) is -4.46. The van der Waals surface area contributed by atoms with Gasteiger partial charge in [0.2, 0.25) is 5.82 Å². The van der Waals surface area contributed by atoms with Gasteiger partial charge in [0.15, 0.2) is 11.6 Å². The summed E-state index contributed by atoms with van der Waals surface area (Å²) in [7, 11) is 0. The number of nitrogens with one attached hydrogen (secondary N) is 1. The maximum Gasteiger partial charge on any atom is 0.200 e. The molecule has 0 spiro atoms. The largest absolute Gasteiger partial charge is 0.485 e. The molecule has 4 heteroatoms. The molecule has 0 unspecified atom stereocenters. The van der Waals surface area contributed by atoms with Gasteiger partial charge in [-0.3, -0.25) is 0 Å². The van der Waals surface area contributed by atoms with Gasteiger partial charge in [0.25, 0.3) is 0 Å². The second-order valence-corrected chi connectivity index (χ2v) is 2.20. The number of halogens is 2. The molecule has 1 aromatic carbocycles. The third-order valence-electron chi connectivity index (χ3n) is 1.35. The molecule has 0 aromatic heterocycles. The minimum absolute atomic E-state index is 0.619. The van der Waals surface area contributed by atoms with Crippen LogP contribution < -0.4 is 10.1 Å². The quantitative estimate of drug-likeness (QED) is 0.763. The van der Waals surface area contributed by atoms with Crippen LogP contribution in [-0.2, 0) is 0 Å². The van der Waals surface area contributed by atoms with E-state index in [4.69, 9.17) is 9.60 Å². The van der Waals surface area contributed by atoms with Gasteiger partial charge < -0.3 is 10.1 Å².